The predicted molar refractivity (Wildman–Crippen MR) is 66.0 cm³/mol. The lowest BCUT2D eigenvalue weighted by Crippen LogP contribution is -1.95. The molecule has 0 aliphatic heterocycles. The van der Waals surface area contributed by atoms with Gasteiger partial charge in [-0.25, -0.2) is 0 Å². The summed E-state index contributed by atoms with van der Waals surface area (Å²) in [6.07, 6.45) is 1.22. The van der Waals surface area contributed by atoms with Gasteiger partial charge in [-0.3, -0.25) is 0 Å². The van der Waals surface area contributed by atoms with Crippen LogP contribution >= 0.6 is 23.4 Å². The summed E-state index contributed by atoms with van der Waals surface area (Å²) in [5, 5.41) is 0.652. The molecular formula is C11H16ClNS. The minimum atomic E-state index is 0.652. The van der Waals surface area contributed by atoms with E-state index in [-0.39, 0.29) is 0 Å². The first-order valence-corrected chi connectivity index (χ1v) is 6.17. The van der Waals surface area contributed by atoms with Gasteiger partial charge in [0.05, 0.1) is 10.7 Å². The molecule has 0 bridgehead atoms. The Hall–Kier alpha value is -0.340. The minimum absolute atomic E-state index is 0.652. The van der Waals surface area contributed by atoms with Gasteiger partial charge in [0.15, 0.2) is 0 Å². The molecule has 1 aromatic carbocycles. The number of anilines is 1. The summed E-state index contributed by atoms with van der Waals surface area (Å²) in [7, 11) is 0. The number of nitrogen functional groups attached to an aromatic ring is 1. The molecule has 0 aliphatic rings. The van der Waals surface area contributed by atoms with Crippen LogP contribution < -0.4 is 5.73 Å². The van der Waals surface area contributed by atoms with Crippen LogP contribution in [0, 0.1) is 5.92 Å². The Morgan fingerprint density at radius 2 is 2.21 bits per heavy atom. The molecule has 0 fully saturated rings. The van der Waals surface area contributed by atoms with E-state index in [1.165, 1.54) is 11.3 Å². The van der Waals surface area contributed by atoms with Crippen molar-refractivity contribution in [2.75, 3.05) is 11.5 Å². The van der Waals surface area contributed by atoms with Gasteiger partial charge in [0.2, 0.25) is 0 Å². The van der Waals surface area contributed by atoms with Crippen molar-refractivity contribution in [3.63, 3.8) is 0 Å². The number of benzene rings is 1. The number of rotatable bonds is 4. The molecule has 0 saturated carbocycles. The first-order chi connectivity index (χ1) is 6.63. The van der Waals surface area contributed by atoms with Crippen LogP contribution in [-0.2, 0) is 0 Å². The molecule has 0 radical (unpaired) electrons. The zero-order valence-electron chi connectivity index (χ0n) is 8.59. The summed E-state index contributed by atoms with van der Waals surface area (Å²) in [6, 6.07) is 5.82. The standard InChI is InChI=1S/C11H16ClNS/c1-3-8(2)7-14-9-4-5-11(13)10(12)6-9/h4-6,8H,3,7,13H2,1-2H3. The van der Waals surface area contributed by atoms with Gasteiger partial charge in [0.1, 0.15) is 0 Å². The highest BCUT2D eigenvalue weighted by molar-refractivity contribution is 7.99. The van der Waals surface area contributed by atoms with Crippen LogP contribution in [0.25, 0.3) is 0 Å². The average molecular weight is 230 g/mol. The number of hydrogen-bond acceptors (Lipinski definition) is 2. The molecule has 1 unspecified atom stereocenters. The molecule has 0 amide bonds. The Balaban J connectivity index is 2.55. The summed E-state index contributed by atoms with van der Waals surface area (Å²) >= 11 is 7.76. The molecule has 0 aliphatic carbocycles. The highest BCUT2D eigenvalue weighted by Crippen LogP contribution is 2.27. The summed E-state index contributed by atoms with van der Waals surface area (Å²) in [5.74, 6) is 1.88. The molecule has 1 rings (SSSR count). The Kier molecular flexibility index (Phi) is 4.63. The molecule has 14 heavy (non-hydrogen) atoms. The Labute approximate surface area is 95.0 Å². The fraction of sp³-hybridized carbons (Fsp3) is 0.455. The lowest BCUT2D eigenvalue weighted by molar-refractivity contribution is 0.637. The molecule has 0 aromatic heterocycles. The Bertz CT molecular complexity index is 301. The number of halogens is 1. The summed E-state index contributed by atoms with van der Waals surface area (Å²) in [5.41, 5.74) is 6.28. The van der Waals surface area contributed by atoms with Gasteiger partial charge >= 0.3 is 0 Å². The first kappa shape index (κ1) is 11.7. The van der Waals surface area contributed by atoms with E-state index < -0.39 is 0 Å². The van der Waals surface area contributed by atoms with Gasteiger partial charge < -0.3 is 5.73 Å². The maximum Gasteiger partial charge on any atom is 0.0646 e. The van der Waals surface area contributed by atoms with Crippen molar-refractivity contribution in [3.05, 3.63) is 23.2 Å². The number of thioether (sulfide) groups is 1. The van der Waals surface area contributed by atoms with Crippen LogP contribution in [0.15, 0.2) is 23.1 Å². The second-order valence-electron chi connectivity index (χ2n) is 3.51. The van der Waals surface area contributed by atoms with Crippen molar-refractivity contribution < 1.29 is 0 Å². The fourth-order valence-electron chi connectivity index (χ4n) is 0.954. The zero-order valence-corrected chi connectivity index (χ0v) is 10.2. The van der Waals surface area contributed by atoms with E-state index in [1.807, 2.05) is 30.0 Å². The van der Waals surface area contributed by atoms with Crippen molar-refractivity contribution in [1.29, 1.82) is 0 Å². The minimum Gasteiger partial charge on any atom is -0.398 e. The molecule has 3 heteroatoms. The van der Waals surface area contributed by atoms with Gasteiger partial charge in [-0.05, 0) is 24.1 Å². The number of hydrogen-bond donors (Lipinski definition) is 1. The average Bonchev–Trinajstić information content (AvgIpc) is 2.19. The lowest BCUT2D eigenvalue weighted by Gasteiger charge is -2.08. The molecule has 1 aromatic rings. The van der Waals surface area contributed by atoms with Gasteiger partial charge in [0.25, 0.3) is 0 Å². The van der Waals surface area contributed by atoms with Crippen LogP contribution in [0.2, 0.25) is 5.02 Å². The van der Waals surface area contributed by atoms with Gasteiger partial charge in [0, 0.05) is 10.6 Å². The largest absolute Gasteiger partial charge is 0.398 e. The van der Waals surface area contributed by atoms with E-state index in [9.17, 15) is 0 Å². The lowest BCUT2D eigenvalue weighted by atomic mass is 10.2. The Morgan fingerprint density at radius 3 is 2.79 bits per heavy atom. The smallest absolute Gasteiger partial charge is 0.0646 e. The van der Waals surface area contributed by atoms with Gasteiger partial charge in [-0.1, -0.05) is 31.9 Å². The third-order valence-electron chi connectivity index (χ3n) is 2.20. The van der Waals surface area contributed by atoms with Crippen molar-refractivity contribution in [3.8, 4) is 0 Å². The Morgan fingerprint density at radius 1 is 1.50 bits per heavy atom. The van der Waals surface area contributed by atoms with Crippen molar-refractivity contribution in [1.82, 2.24) is 0 Å². The maximum absolute atomic E-state index is 5.92. The second-order valence-corrected chi connectivity index (χ2v) is 5.01. The molecule has 0 heterocycles. The first-order valence-electron chi connectivity index (χ1n) is 4.81. The number of nitrogens with two attached hydrogens (primary N) is 1. The van der Waals surface area contributed by atoms with Crippen LogP contribution in [-0.4, -0.2) is 5.75 Å². The summed E-state index contributed by atoms with van der Waals surface area (Å²) in [6.45, 7) is 4.47. The van der Waals surface area contributed by atoms with E-state index in [2.05, 4.69) is 13.8 Å². The highest BCUT2D eigenvalue weighted by Gasteiger charge is 2.02. The monoisotopic (exact) mass is 229 g/mol. The molecule has 1 nitrogen and oxygen atoms in total. The van der Waals surface area contributed by atoms with E-state index in [4.69, 9.17) is 17.3 Å². The van der Waals surface area contributed by atoms with Gasteiger partial charge in [-0.2, -0.15) is 0 Å². The quantitative estimate of drug-likeness (QED) is 0.623. The molecular weight excluding hydrogens is 214 g/mol. The van der Waals surface area contributed by atoms with E-state index in [0.29, 0.717) is 10.7 Å². The van der Waals surface area contributed by atoms with Gasteiger partial charge in [-0.15, -0.1) is 11.8 Å². The zero-order chi connectivity index (χ0) is 10.6. The molecule has 78 valence electrons. The topological polar surface area (TPSA) is 26.0 Å². The molecule has 0 spiro atoms. The SMILES string of the molecule is CCC(C)CSc1ccc(N)c(Cl)c1. The van der Waals surface area contributed by atoms with E-state index >= 15 is 0 Å². The molecule has 2 N–H and O–H groups in total. The van der Waals surface area contributed by atoms with E-state index in [1.54, 1.807) is 0 Å². The van der Waals surface area contributed by atoms with Crippen LogP contribution in [0.1, 0.15) is 20.3 Å². The van der Waals surface area contributed by atoms with Crippen molar-refractivity contribution in [2.45, 2.75) is 25.2 Å². The maximum atomic E-state index is 5.92. The van der Waals surface area contributed by atoms with Crippen LogP contribution in [0.4, 0.5) is 5.69 Å². The van der Waals surface area contributed by atoms with Crippen LogP contribution in [0.5, 0.6) is 0 Å². The summed E-state index contributed by atoms with van der Waals surface area (Å²) in [4.78, 5) is 1.20. The predicted octanol–water partition coefficient (Wildman–Crippen LogP) is 4.06. The summed E-state index contributed by atoms with van der Waals surface area (Å²) < 4.78 is 0. The third-order valence-corrected chi connectivity index (χ3v) is 3.85. The second kappa shape index (κ2) is 5.52. The normalized spacial score (nSPS) is 12.8. The fourth-order valence-corrected chi connectivity index (χ4v) is 2.28. The van der Waals surface area contributed by atoms with Crippen LogP contribution in [0.3, 0.4) is 0 Å². The molecule has 0 saturated heterocycles. The van der Waals surface area contributed by atoms with Crippen molar-refractivity contribution >= 4 is 29.1 Å². The van der Waals surface area contributed by atoms with E-state index in [0.717, 1.165) is 11.7 Å². The highest BCUT2D eigenvalue weighted by atomic mass is 35.5. The third kappa shape index (κ3) is 3.43. The van der Waals surface area contributed by atoms with Crippen molar-refractivity contribution in [2.24, 2.45) is 5.92 Å². The molecule has 1 atom stereocenters.